The molecule has 3 rings (SSSR count). The lowest BCUT2D eigenvalue weighted by Gasteiger charge is -2.35. The number of hydrogen-bond donors (Lipinski definition) is 1. The van der Waals surface area contributed by atoms with Gasteiger partial charge < -0.3 is 19.9 Å². The van der Waals surface area contributed by atoms with E-state index in [-0.39, 0.29) is 5.91 Å². The summed E-state index contributed by atoms with van der Waals surface area (Å²) in [7, 11) is 0. The van der Waals surface area contributed by atoms with Gasteiger partial charge in [-0.3, -0.25) is 4.79 Å². The highest BCUT2D eigenvalue weighted by Crippen LogP contribution is 2.21. The van der Waals surface area contributed by atoms with E-state index in [9.17, 15) is 4.79 Å². The number of nitrogens with one attached hydrogen (secondary N) is 1. The van der Waals surface area contributed by atoms with Gasteiger partial charge in [-0.05, 0) is 37.1 Å². The largest absolute Gasteiger partial charge is 0.378 e. The first-order valence-corrected chi connectivity index (χ1v) is 9.11. The molecule has 2 heterocycles. The standard InChI is InChI=1S/C19H29N3O2/c1-15(2)20-17-7-9-21(10-8-17)18-5-3-16(4-6-18)19(23)22-11-13-24-14-12-22/h3-6,15,17,20H,7-14H2,1-2H3. The Morgan fingerprint density at radius 1 is 1.08 bits per heavy atom. The fraction of sp³-hybridized carbons (Fsp3) is 0.632. The van der Waals surface area contributed by atoms with Gasteiger partial charge in [-0.25, -0.2) is 0 Å². The average Bonchev–Trinajstić information content (AvgIpc) is 2.62. The van der Waals surface area contributed by atoms with Crippen molar-refractivity contribution in [2.75, 3.05) is 44.3 Å². The van der Waals surface area contributed by atoms with Crippen molar-refractivity contribution in [3.63, 3.8) is 0 Å². The van der Waals surface area contributed by atoms with E-state index < -0.39 is 0 Å². The third-order valence-electron chi connectivity index (χ3n) is 4.84. The van der Waals surface area contributed by atoms with E-state index in [0.29, 0.717) is 38.4 Å². The summed E-state index contributed by atoms with van der Waals surface area (Å²) in [6.07, 6.45) is 2.35. The average molecular weight is 331 g/mol. The Balaban J connectivity index is 1.56. The Hall–Kier alpha value is -1.59. The van der Waals surface area contributed by atoms with Crippen LogP contribution in [0.15, 0.2) is 24.3 Å². The topological polar surface area (TPSA) is 44.8 Å². The molecule has 5 nitrogen and oxygen atoms in total. The molecule has 2 aliphatic rings. The monoisotopic (exact) mass is 331 g/mol. The first-order valence-electron chi connectivity index (χ1n) is 9.11. The summed E-state index contributed by atoms with van der Waals surface area (Å²) in [5, 5.41) is 3.63. The Morgan fingerprint density at radius 3 is 2.29 bits per heavy atom. The van der Waals surface area contributed by atoms with Gasteiger partial charge in [-0.2, -0.15) is 0 Å². The maximum Gasteiger partial charge on any atom is 0.254 e. The van der Waals surface area contributed by atoms with E-state index in [1.54, 1.807) is 0 Å². The van der Waals surface area contributed by atoms with Crippen molar-refractivity contribution in [1.82, 2.24) is 10.2 Å². The Labute approximate surface area is 145 Å². The second kappa shape index (κ2) is 7.99. The van der Waals surface area contributed by atoms with Crippen LogP contribution >= 0.6 is 0 Å². The normalized spacial score (nSPS) is 19.8. The van der Waals surface area contributed by atoms with Crippen LogP contribution in [0.5, 0.6) is 0 Å². The number of benzene rings is 1. The van der Waals surface area contributed by atoms with E-state index in [0.717, 1.165) is 18.7 Å². The molecule has 24 heavy (non-hydrogen) atoms. The zero-order chi connectivity index (χ0) is 16.9. The van der Waals surface area contributed by atoms with Crippen LogP contribution in [0.25, 0.3) is 0 Å². The van der Waals surface area contributed by atoms with E-state index in [1.807, 2.05) is 17.0 Å². The molecule has 1 aromatic carbocycles. The van der Waals surface area contributed by atoms with Gasteiger partial charge in [-0.1, -0.05) is 13.8 Å². The van der Waals surface area contributed by atoms with E-state index in [1.165, 1.54) is 18.5 Å². The van der Waals surface area contributed by atoms with Crippen LogP contribution in [0, 0.1) is 0 Å². The molecule has 0 bridgehead atoms. The molecular formula is C19H29N3O2. The highest BCUT2D eigenvalue weighted by Gasteiger charge is 2.21. The smallest absolute Gasteiger partial charge is 0.254 e. The van der Waals surface area contributed by atoms with Crippen LogP contribution < -0.4 is 10.2 Å². The van der Waals surface area contributed by atoms with Crippen molar-refractivity contribution in [2.45, 2.75) is 38.8 Å². The van der Waals surface area contributed by atoms with Gasteiger partial charge in [0.05, 0.1) is 13.2 Å². The van der Waals surface area contributed by atoms with Gasteiger partial charge in [0.15, 0.2) is 0 Å². The number of carbonyl (C=O) groups excluding carboxylic acids is 1. The molecule has 2 saturated heterocycles. The molecule has 2 aliphatic heterocycles. The van der Waals surface area contributed by atoms with Gasteiger partial charge >= 0.3 is 0 Å². The van der Waals surface area contributed by atoms with Crippen molar-refractivity contribution < 1.29 is 9.53 Å². The first-order chi connectivity index (χ1) is 11.6. The number of carbonyl (C=O) groups is 1. The molecule has 0 spiro atoms. The van der Waals surface area contributed by atoms with Crippen molar-refractivity contribution in [3.05, 3.63) is 29.8 Å². The molecule has 0 saturated carbocycles. The summed E-state index contributed by atoms with van der Waals surface area (Å²) in [6, 6.07) is 9.28. The van der Waals surface area contributed by atoms with Crippen LogP contribution in [0.1, 0.15) is 37.0 Å². The fourth-order valence-electron chi connectivity index (χ4n) is 3.54. The van der Waals surface area contributed by atoms with Crippen molar-refractivity contribution in [1.29, 1.82) is 0 Å². The van der Waals surface area contributed by atoms with Gasteiger partial charge in [-0.15, -0.1) is 0 Å². The summed E-state index contributed by atoms with van der Waals surface area (Å²) in [4.78, 5) is 16.8. The molecule has 0 atom stereocenters. The van der Waals surface area contributed by atoms with Crippen LogP contribution in [0.2, 0.25) is 0 Å². The zero-order valence-corrected chi connectivity index (χ0v) is 14.8. The highest BCUT2D eigenvalue weighted by molar-refractivity contribution is 5.94. The molecular weight excluding hydrogens is 302 g/mol. The van der Waals surface area contributed by atoms with E-state index in [4.69, 9.17) is 4.74 Å². The van der Waals surface area contributed by atoms with Crippen molar-refractivity contribution in [2.24, 2.45) is 0 Å². The van der Waals surface area contributed by atoms with E-state index in [2.05, 4.69) is 36.2 Å². The molecule has 1 N–H and O–H groups in total. The van der Waals surface area contributed by atoms with Crippen LogP contribution in [-0.4, -0.2) is 62.3 Å². The molecule has 1 aromatic rings. The molecule has 132 valence electrons. The molecule has 0 unspecified atom stereocenters. The molecule has 0 aliphatic carbocycles. The lowest BCUT2D eigenvalue weighted by molar-refractivity contribution is 0.0303. The Kier molecular flexibility index (Phi) is 5.74. The predicted octanol–water partition coefficient (Wildman–Crippen LogP) is 2.13. The van der Waals surface area contributed by atoms with Gasteiger partial charge in [0.25, 0.3) is 5.91 Å². The van der Waals surface area contributed by atoms with Crippen molar-refractivity contribution in [3.8, 4) is 0 Å². The number of piperidine rings is 1. The molecule has 0 radical (unpaired) electrons. The minimum absolute atomic E-state index is 0.115. The number of amides is 1. The summed E-state index contributed by atoms with van der Waals surface area (Å²) >= 11 is 0. The Bertz CT molecular complexity index is 530. The SMILES string of the molecule is CC(C)NC1CCN(c2ccc(C(=O)N3CCOCC3)cc2)CC1. The van der Waals surface area contributed by atoms with Crippen LogP contribution in [-0.2, 0) is 4.74 Å². The highest BCUT2D eigenvalue weighted by atomic mass is 16.5. The summed E-state index contributed by atoms with van der Waals surface area (Å²) in [5.41, 5.74) is 1.99. The number of nitrogens with zero attached hydrogens (tertiary/aromatic N) is 2. The second-order valence-corrected chi connectivity index (χ2v) is 7.03. The number of anilines is 1. The number of morpholine rings is 1. The van der Waals surface area contributed by atoms with Gasteiger partial charge in [0.1, 0.15) is 0 Å². The van der Waals surface area contributed by atoms with Crippen molar-refractivity contribution >= 4 is 11.6 Å². The van der Waals surface area contributed by atoms with E-state index >= 15 is 0 Å². The minimum Gasteiger partial charge on any atom is -0.378 e. The molecule has 0 aromatic heterocycles. The lowest BCUT2D eigenvalue weighted by atomic mass is 10.0. The van der Waals surface area contributed by atoms with Crippen LogP contribution in [0.4, 0.5) is 5.69 Å². The number of hydrogen-bond acceptors (Lipinski definition) is 4. The Morgan fingerprint density at radius 2 is 1.71 bits per heavy atom. The predicted molar refractivity (Wildman–Crippen MR) is 96.7 cm³/mol. The van der Waals surface area contributed by atoms with Crippen LogP contribution in [0.3, 0.4) is 0 Å². The zero-order valence-electron chi connectivity index (χ0n) is 14.8. The number of ether oxygens (including phenoxy) is 1. The number of rotatable bonds is 4. The lowest BCUT2D eigenvalue weighted by Crippen LogP contribution is -2.44. The summed E-state index contributed by atoms with van der Waals surface area (Å²) in [6.45, 7) is 9.22. The quantitative estimate of drug-likeness (QED) is 0.918. The third-order valence-corrected chi connectivity index (χ3v) is 4.84. The maximum absolute atomic E-state index is 12.5. The summed E-state index contributed by atoms with van der Waals surface area (Å²) in [5.74, 6) is 0.115. The summed E-state index contributed by atoms with van der Waals surface area (Å²) < 4.78 is 5.31. The third kappa shape index (κ3) is 4.28. The first kappa shape index (κ1) is 17.2. The molecule has 2 fully saturated rings. The second-order valence-electron chi connectivity index (χ2n) is 7.03. The van der Waals surface area contributed by atoms with Gasteiger partial charge in [0.2, 0.25) is 0 Å². The minimum atomic E-state index is 0.115. The molecule has 5 heteroatoms. The maximum atomic E-state index is 12.5. The fourth-order valence-corrected chi connectivity index (χ4v) is 3.54. The molecule has 1 amide bonds. The van der Waals surface area contributed by atoms with Gasteiger partial charge in [0, 0.05) is 49.5 Å².